The summed E-state index contributed by atoms with van der Waals surface area (Å²) in [6.45, 7) is 1.11. The van der Waals surface area contributed by atoms with Crippen LogP contribution in [0.15, 0.2) is 36.9 Å². The van der Waals surface area contributed by atoms with Gasteiger partial charge in [0, 0.05) is 6.04 Å². The zero-order chi connectivity index (χ0) is 11.5. The lowest BCUT2D eigenvalue weighted by atomic mass is 9.96. The monoisotopic (exact) mass is 228 g/mol. The summed E-state index contributed by atoms with van der Waals surface area (Å²) in [5.74, 6) is 0. The predicted molar refractivity (Wildman–Crippen MR) is 66.0 cm³/mol. The van der Waals surface area contributed by atoms with Crippen LogP contribution in [0, 0.1) is 0 Å². The summed E-state index contributed by atoms with van der Waals surface area (Å²) in [4.78, 5) is 4.02. The Balaban J connectivity index is 1.98. The normalized spacial score (nSPS) is 20.4. The van der Waals surface area contributed by atoms with Gasteiger partial charge in [-0.15, -0.1) is 0 Å². The number of benzene rings is 1. The van der Waals surface area contributed by atoms with Crippen LogP contribution < -0.4 is 5.32 Å². The van der Waals surface area contributed by atoms with E-state index in [1.165, 1.54) is 24.8 Å². The summed E-state index contributed by atoms with van der Waals surface area (Å²) in [6, 6.07) is 8.86. The minimum atomic E-state index is 0.448. The van der Waals surface area contributed by atoms with E-state index in [-0.39, 0.29) is 0 Å². The number of rotatable bonds is 2. The maximum atomic E-state index is 4.22. The molecule has 1 aliphatic heterocycles. The van der Waals surface area contributed by atoms with Crippen LogP contribution in [0.4, 0.5) is 0 Å². The Hall–Kier alpha value is -1.68. The Kier molecular flexibility index (Phi) is 2.88. The Morgan fingerprint density at radius 2 is 2.18 bits per heavy atom. The molecule has 0 radical (unpaired) electrons. The van der Waals surface area contributed by atoms with E-state index in [1.54, 1.807) is 12.7 Å². The summed E-state index contributed by atoms with van der Waals surface area (Å²) >= 11 is 0. The molecule has 1 aromatic heterocycles. The second kappa shape index (κ2) is 4.67. The largest absolute Gasteiger partial charge is 0.310 e. The maximum absolute atomic E-state index is 4.22. The molecule has 1 aromatic carbocycles. The molecule has 1 N–H and O–H groups in total. The Labute approximate surface area is 101 Å². The highest BCUT2D eigenvalue weighted by molar-refractivity contribution is 5.42. The zero-order valence-corrected chi connectivity index (χ0v) is 9.71. The van der Waals surface area contributed by atoms with E-state index in [4.69, 9.17) is 0 Å². The van der Waals surface area contributed by atoms with Crippen molar-refractivity contribution >= 4 is 0 Å². The molecule has 4 nitrogen and oxygen atoms in total. The molecule has 2 heterocycles. The molecule has 0 bridgehead atoms. The summed E-state index contributed by atoms with van der Waals surface area (Å²) in [7, 11) is 0. The third-order valence-corrected chi connectivity index (χ3v) is 3.29. The van der Waals surface area contributed by atoms with Crippen LogP contribution >= 0.6 is 0 Å². The van der Waals surface area contributed by atoms with Crippen LogP contribution in [0.3, 0.4) is 0 Å². The first-order valence-electron chi connectivity index (χ1n) is 6.12. The molecule has 1 unspecified atom stereocenters. The number of nitrogens with zero attached hydrogens (tertiary/aromatic N) is 3. The molecule has 0 aliphatic carbocycles. The number of nitrogens with one attached hydrogen (secondary N) is 1. The van der Waals surface area contributed by atoms with Crippen molar-refractivity contribution < 1.29 is 0 Å². The van der Waals surface area contributed by atoms with Crippen LogP contribution in [0.25, 0.3) is 5.69 Å². The summed E-state index contributed by atoms with van der Waals surface area (Å²) < 4.78 is 1.84. The number of piperidine rings is 1. The van der Waals surface area contributed by atoms with Gasteiger partial charge >= 0.3 is 0 Å². The highest BCUT2D eigenvalue weighted by Gasteiger charge is 2.18. The number of para-hydroxylation sites is 1. The van der Waals surface area contributed by atoms with Gasteiger partial charge in [0.15, 0.2) is 0 Å². The predicted octanol–water partition coefficient (Wildman–Crippen LogP) is 2.08. The SMILES string of the molecule is c1ccc(-n2cncn2)c(C2CCCCN2)c1. The fourth-order valence-corrected chi connectivity index (χ4v) is 2.44. The van der Waals surface area contributed by atoms with Crippen molar-refractivity contribution in [3.63, 3.8) is 0 Å². The molecular formula is C13H16N4. The fraction of sp³-hybridized carbons (Fsp3) is 0.385. The third kappa shape index (κ3) is 2.08. The topological polar surface area (TPSA) is 42.7 Å². The van der Waals surface area contributed by atoms with Gasteiger partial charge in [-0.2, -0.15) is 5.10 Å². The summed E-state index contributed by atoms with van der Waals surface area (Å²) in [5.41, 5.74) is 2.45. The van der Waals surface area contributed by atoms with Crippen molar-refractivity contribution in [2.45, 2.75) is 25.3 Å². The minimum absolute atomic E-state index is 0.448. The number of aromatic nitrogens is 3. The molecule has 0 saturated carbocycles. The first-order valence-corrected chi connectivity index (χ1v) is 6.12. The maximum Gasteiger partial charge on any atom is 0.138 e. The van der Waals surface area contributed by atoms with Crippen molar-refractivity contribution in [1.82, 2.24) is 20.1 Å². The van der Waals surface area contributed by atoms with Gasteiger partial charge < -0.3 is 5.32 Å². The van der Waals surface area contributed by atoms with Crippen LogP contribution in [-0.2, 0) is 0 Å². The second-order valence-corrected chi connectivity index (χ2v) is 4.40. The van der Waals surface area contributed by atoms with Crippen molar-refractivity contribution in [2.75, 3.05) is 6.54 Å². The number of hydrogen-bond acceptors (Lipinski definition) is 3. The Morgan fingerprint density at radius 1 is 1.24 bits per heavy atom. The first-order chi connectivity index (χ1) is 8.45. The lowest BCUT2D eigenvalue weighted by molar-refractivity contribution is 0.411. The second-order valence-electron chi connectivity index (χ2n) is 4.40. The van der Waals surface area contributed by atoms with Gasteiger partial charge in [-0.25, -0.2) is 9.67 Å². The molecule has 3 rings (SSSR count). The van der Waals surface area contributed by atoms with Crippen molar-refractivity contribution in [3.05, 3.63) is 42.5 Å². The van der Waals surface area contributed by atoms with Crippen molar-refractivity contribution in [2.24, 2.45) is 0 Å². The quantitative estimate of drug-likeness (QED) is 0.855. The number of hydrogen-bond donors (Lipinski definition) is 1. The van der Waals surface area contributed by atoms with E-state index in [0.29, 0.717) is 6.04 Å². The standard InChI is InChI=1S/C13H16N4/c1-2-7-13(17-10-14-9-16-17)11(5-1)12-6-3-4-8-15-12/h1-2,5,7,9-10,12,15H,3-4,6,8H2. The smallest absolute Gasteiger partial charge is 0.138 e. The van der Waals surface area contributed by atoms with E-state index in [0.717, 1.165) is 12.2 Å². The van der Waals surface area contributed by atoms with E-state index < -0.39 is 0 Å². The van der Waals surface area contributed by atoms with Gasteiger partial charge in [0.2, 0.25) is 0 Å². The molecule has 88 valence electrons. The first kappa shape index (κ1) is 10.5. The van der Waals surface area contributed by atoms with Crippen LogP contribution in [-0.4, -0.2) is 21.3 Å². The lowest BCUT2D eigenvalue weighted by Gasteiger charge is -2.25. The molecule has 0 amide bonds. The van der Waals surface area contributed by atoms with Gasteiger partial charge in [-0.05, 0) is 31.0 Å². The van der Waals surface area contributed by atoms with Gasteiger partial charge in [-0.3, -0.25) is 0 Å². The van der Waals surface area contributed by atoms with Crippen molar-refractivity contribution in [1.29, 1.82) is 0 Å². The van der Waals surface area contributed by atoms with Gasteiger partial charge in [0.25, 0.3) is 0 Å². The van der Waals surface area contributed by atoms with E-state index >= 15 is 0 Å². The Bertz CT molecular complexity index is 472. The van der Waals surface area contributed by atoms with Gasteiger partial charge in [0.05, 0.1) is 5.69 Å². The average Bonchev–Trinajstić information content (AvgIpc) is 2.94. The van der Waals surface area contributed by atoms with E-state index in [1.807, 2.05) is 10.7 Å². The molecule has 1 aliphatic rings. The van der Waals surface area contributed by atoms with Crippen LogP contribution in [0.1, 0.15) is 30.9 Å². The molecule has 4 heteroatoms. The molecular weight excluding hydrogens is 212 g/mol. The average molecular weight is 228 g/mol. The highest BCUT2D eigenvalue weighted by Crippen LogP contribution is 2.27. The molecule has 2 aromatic rings. The van der Waals surface area contributed by atoms with Crippen LogP contribution in [0.5, 0.6) is 0 Å². The minimum Gasteiger partial charge on any atom is -0.310 e. The highest BCUT2D eigenvalue weighted by atomic mass is 15.3. The zero-order valence-electron chi connectivity index (χ0n) is 9.71. The molecule has 0 spiro atoms. The lowest BCUT2D eigenvalue weighted by Crippen LogP contribution is -2.27. The molecule has 1 fully saturated rings. The summed E-state index contributed by atoms with van der Waals surface area (Å²) in [5, 5.41) is 7.80. The summed E-state index contributed by atoms with van der Waals surface area (Å²) in [6.07, 6.45) is 7.10. The molecule has 17 heavy (non-hydrogen) atoms. The van der Waals surface area contributed by atoms with Gasteiger partial charge in [0.1, 0.15) is 12.7 Å². The third-order valence-electron chi connectivity index (χ3n) is 3.29. The molecule has 1 atom stereocenters. The van der Waals surface area contributed by atoms with E-state index in [9.17, 15) is 0 Å². The van der Waals surface area contributed by atoms with Gasteiger partial charge in [-0.1, -0.05) is 24.6 Å². The van der Waals surface area contributed by atoms with Crippen molar-refractivity contribution in [3.8, 4) is 5.69 Å². The van der Waals surface area contributed by atoms with Crippen LogP contribution in [0.2, 0.25) is 0 Å². The molecule has 1 saturated heterocycles. The van der Waals surface area contributed by atoms with E-state index in [2.05, 4.69) is 33.6 Å². The Morgan fingerprint density at radius 3 is 2.94 bits per heavy atom. The fourth-order valence-electron chi connectivity index (χ4n) is 2.44.